The fourth-order valence-electron chi connectivity index (χ4n) is 3.50. The highest BCUT2D eigenvalue weighted by molar-refractivity contribution is 8.18. The Morgan fingerprint density at radius 2 is 2.00 bits per heavy atom. The van der Waals surface area contributed by atoms with E-state index < -0.39 is 11.1 Å². The molecule has 0 spiro atoms. The maximum atomic E-state index is 12.8. The summed E-state index contributed by atoms with van der Waals surface area (Å²) in [6, 6.07) is 3.33. The first-order valence-corrected chi connectivity index (χ1v) is 11.8. The Balaban J connectivity index is 1.76. The number of carbonyl (C=O) groups excluding carboxylic acids is 3. The molecule has 2 fully saturated rings. The molecule has 0 saturated carbocycles. The van der Waals surface area contributed by atoms with Crippen molar-refractivity contribution in [1.29, 1.82) is 0 Å². The number of halogens is 1. The van der Waals surface area contributed by atoms with E-state index in [0.29, 0.717) is 47.7 Å². The minimum Gasteiger partial charge on any atom is -0.490 e. The smallest absolute Gasteiger partial charge is 0.294 e. The van der Waals surface area contributed by atoms with Gasteiger partial charge in [0.15, 0.2) is 11.5 Å². The molecule has 1 aromatic rings. The highest BCUT2D eigenvalue weighted by Crippen LogP contribution is 2.39. The molecule has 172 valence electrons. The second kappa shape index (κ2) is 10.9. The van der Waals surface area contributed by atoms with Gasteiger partial charge in [-0.15, -0.1) is 0 Å². The van der Waals surface area contributed by atoms with Gasteiger partial charge in [-0.25, -0.2) is 0 Å². The summed E-state index contributed by atoms with van der Waals surface area (Å²) in [6.07, 6.45) is 5.04. The highest BCUT2D eigenvalue weighted by Gasteiger charge is 2.37. The number of hydrogen-bond donors (Lipinski definition) is 0. The van der Waals surface area contributed by atoms with Crippen LogP contribution in [0.3, 0.4) is 0 Å². The first-order valence-electron chi connectivity index (χ1n) is 10.6. The largest absolute Gasteiger partial charge is 0.490 e. The number of likely N-dealkylation sites (tertiary alicyclic amines) is 1. The van der Waals surface area contributed by atoms with E-state index in [4.69, 9.17) is 21.1 Å². The van der Waals surface area contributed by atoms with E-state index in [9.17, 15) is 14.4 Å². The van der Waals surface area contributed by atoms with Crippen LogP contribution in [0.15, 0.2) is 29.7 Å². The molecule has 3 amide bonds. The predicted molar refractivity (Wildman–Crippen MR) is 126 cm³/mol. The first kappa shape index (κ1) is 24.2. The van der Waals surface area contributed by atoms with Crippen molar-refractivity contribution in [2.45, 2.75) is 26.7 Å². The molecule has 0 unspecified atom stereocenters. The second-order valence-electron chi connectivity index (χ2n) is 7.69. The van der Waals surface area contributed by atoms with Crippen molar-refractivity contribution in [1.82, 2.24) is 9.80 Å². The molecule has 2 heterocycles. The van der Waals surface area contributed by atoms with Crippen LogP contribution >= 0.6 is 23.4 Å². The number of ether oxygens (including phenoxy) is 2. The lowest BCUT2D eigenvalue weighted by atomic mass is 9.99. The van der Waals surface area contributed by atoms with E-state index in [1.165, 1.54) is 0 Å². The number of imide groups is 1. The van der Waals surface area contributed by atoms with Crippen molar-refractivity contribution in [3.05, 3.63) is 40.3 Å². The van der Waals surface area contributed by atoms with Gasteiger partial charge in [0.05, 0.1) is 16.5 Å². The molecule has 9 heteroatoms. The Bertz CT molecular complexity index is 941. The van der Waals surface area contributed by atoms with Crippen LogP contribution in [-0.4, -0.2) is 59.7 Å². The lowest BCUT2D eigenvalue weighted by Gasteiger charge is -2.31. The molecular weight excluding hydrogens is 452 g/mol. The highest BCUT2D eigenvalue weighted by atomic mass is 35.5. The SMILES string of the molecule is C=CCOc1c(Cl)cc(/C=C2/SC(=O)N(CC(=O)N3CCC(C)CC3)C2=O)cc1OCC. The number of piperidine rings is 1. The maximum absolute atomic E-state index is 12.8. The molecule has 0 N–H and O–H groups in total. The molecule has 2 aliphatic rings. The minimum absolute atomic E-state index is 0.203. The van der Waals surface area contributed by atoms with Crippen LogP contribution in [0.2, 0.25) is 5.02 Å². The molecule has 0 radical (unpaired) electrons. The van der Waals surface area contributed by atoms with Gasteiger partial charge in [0.2, 0.25) is 5.91 Å². The van der Waals surface area contributed by atoms with Gasteiger partial charge in [-0.2, -0.15) is 0 Å². The fourth-order valence-corrected chi connectivity index (χ4v) is 4.61. The monoisotopic (exact) mass is 478 g/mol. The number of nitrogens with zero attached hydrogens (tertiary/aromatic N) is 2. The molecule has 0 bridgehead atoms. The zero-order chi connectivity index (χ0) is 23.3. The molecule has 7 nitrogen and oxygen atoms in total. The van der Waals surface area contributed by atoms with Crippen molar-refractivity contribution in [3.63, 3.8) is 0 Å². The molecule has 32 heavy (non-hydrogen) atoms. The Kier molecular flexibility index (Phi) is 8.26. The predicted octanol–water partition coefficient (Wildman–Crippen LogP) is 4.60. The lowest BCUT2D eigenvalue weighted by Crippen LogP contribution is -2.45. The van der Waals surface area contributed by atoms with E-state index in [1.54, 1.807) is 29.2 Å². The average molecular weight is 479 g/mol. The minimum atomic E-state index is -0.486. The van der Waals surface area contributed by atoms with E-state index in [0.717, 1.165) is 29.5 Å². The van der Waals surface area contributed by atoms with E-state index in [2.05, 4.69) is 13.5 Å². The van der Waals surface area contributed by atoms with Crippen LogP contribution < -0.4 is 9.47 Å². The van der Waals surface area contributed by atoms with E-state index in [1.807, 2.05) is 6.92 Å². The van der Waals surface area contributed by atoms with Crippen LogP contribution in [0.1, 0.15) is 32.3 Å². The molecular formula is C23H27ClN2O5S. The quantitative estimate of drug-likeness (QED) is 0.401. The Morgan fingerprint density at radius 1 is 1.28 bits per heavy atom. The van der Waals surface area contributed by atoms with Gasteiger partial charge in [-0.1, -0.05) is 31.2 Å². The third kappa shape index (κ3) is 5.66. The van der Waals surface area contributed by atoms with Crippen LogP contribution in [0.4, 0.5) is 4.79 Å². The van der Waals surface area contributed by atoms with Crippen molar-refractivity contribution < 1.29 is 23.9 Å². The van der Waals surface area contributed by atoms with Crippen molar-refractivity contribution in [2.75, 3.05) is 32.8 Å². The van der Waals surface area contributed by atoms with Gasteiger partial charge in [-0.3, -0.25) is 19.3 Å². The van der Waals surface area contributed by atoms with Crippen molar-refractivity contribution in [2.24, 2.45) is 5.92 Å². The Hall–Kier alpha value is -2.45. The van der Waals surface area contributed by atoms with Crippen molar-refractivity contribution >= 4 is 46.5 Å². The van der Waals surface area contributed by atoms with E-state index >= 15 is 0 Å². The van der Waals surface area contributed by atoms with Crippen LogP contribution in [0, 0.1) is 5.92 Å². The Labute approximate surface area is 197 Å². The number of amides is 3. The van der Waals surface area contributed by atoms with Gasteiger partial charge in [0, 0.05) is 13.1 Å². The van der Waals surface area contributed by atoms with E-state index in [-0.39, 0.29) is 24.0 Å². The number of benzene rings is 1. The number of carbonyl (C=O) groups is 3. The van der Waals surface area contributed by atoms with Crippen LogP contribution in [0.25, 0.3) is 6.08 Å². The van der Waals surface area contributed by atoms with Gasteiger partial charge in [-0.05, 0) is 61.2 Å². The van der Waals surface area contributed by atoms with Gasteiger partial charge >= 0.3 is 0 Å². The second-order valence-corrected chi connectivity index (χ2v) is 9.09. The summed E-state index contributed by atoms with van der Waals surface area (Å²) in [5.74, 6) is 0.716. The molecule has 0 aliphatic carbocycles. The molecule has 2 aliphatic heterocycles. The normalized spacial score (nSPS) is 18.4. The number of thioether (sulfide) groups is 1. The standard InChI is InChI=1S/C23H27ClN2O5S/c1-4-10-31-21-17(24)11-16(12-18(21)30-5-2)13-19-22(28)26(23(29)32-19)14-20(27)25-8-6-15(3)7-9-25/h4,11-13,15H,1,5-10,14H2,2-3H3/b19-13+. The molecule has 1 aromatic carbocycles. The lowest BCUT2D eigenvalue weighted by molar-refractivity contribution is -0.136. The number of rotatable bonds is 8. The molecule has 0 aromatic heterocycles. The zero-order valence-corrected chi connectivity index (χ0v) is 19.8. The molecule has 0 atom stereocenters. The summed E-state index contributed by atoms with van der Waals surface area (Å²) >= 11 is 7.17. The summed E-state index contributed by atoms with van der Waals surface area (Å²) in [6.45, 7) is 9.36. The fraction of sp³-hybridized carbons (Fsp3) is 0.435. The average Bonchev–Trinajstić information content (AvgIpc) is 3.01. The van der Waals surface area contributed by atoms with Crippen LogP contribution in [-0.2, 0) is 9.59 Å². The first-order chi connectivity index (χ1) is 15.3. The van der Waals surface area contributed by atoms with Gasteiger partial charge < -0.3 is 14.4 Å². The summed E-state index contributed by atoms with van der Waals surface area (Å²) in [4.78, 5) is 40.8. The maximum Gasteiger partial charge on any atom is 0.294 e. The summed E-state index contributed by atoms with van der Waals surface area (Å²) in [7, 11) is 0. The molecule has 2 saturated heterocycles. The summed E-state index contributed by atoms with van der Waals surface area (Å²) in [5, 5.41) is -0.139. The topological polar surface area (TPSA) is 76.2 Å². The third-order valence-electron chi connectivity index (χ3n) is 5.28. The Morgan fingerprint density at radius 3 is 2.66 bits per heavy atom. The summed E-state index contributed by atoms with van der Waals surface area (Å²) < 4.78 is 11.2. The summed E-state index contributed by atoms with van der Waals surface area (Å²) in [5.41, 5.74) is 0.589. The van der Waals surface area contributed by atoms with Gasteiger partial charge in [0.25, 0.3) is 11.1 Å². The van der Waals surface area contributed by atoms with Gasteiger partial charge in [0.1, 0.15) is 13.2 Å². The van der Waals surface area contributed by atoms with Crippen LogP contribution in [0.5, 0.6) is 11.5 Å². The third-order valence-corrected chi connectivity index (χ3v) is 6.47. The van der Waals surface area contributed by atoms with Crippen molar-refractivity contribution in [3.8, 4) is 11.5 Å². The zero-order valence-electron chi connectivity index (χ0n) is 18.3. The number of hydrogen-bond acceptors (Lipinski definition) is 6. The molecule has 3 rings (SSSR count).